The van der Waals surface area contributed by atoms with Gasteiger partial charge < -0.3 is 14.5 Å². The van der Waals surface area contributed by atoms with Crippen LogP contribution in [-0.4, -0.2) is 76.1 Å². The largest absolute Gasteiger partial charge is 0.497 e. The van der Waals surface area contributed by atoms with Crippen molar-refractivity contribution in [2.45, 2.75) is 20.4 Å². The van der Waals surface area contributed by atoms with E-state index in [2.05, 4.69) is 16.9 Å². The molecule has 2 aliphatic rings. The minimum absolute atomic E-state index is 0.149. The van der Waals surface area contributed by atoms with E-state index in [1.165, 1.54) is 9.58 Å². The van der Waals surface area contributed by atoms with Crippen LogP contribution >= 0.6 is 0 Å². The molecule has 2 aromatic carbocycles. The molecule has 0 spiro atoms. The first-order valence-electron chi connectivity index (χ1n) is 12.5. The van der Waals surface area contributed by atoms with Crippen LogP contribution in [0, 0.1) is 6.92 Å². The highest BCUT2D eigenvalue weighted by molar-refractivity contribution is 6.35. The fraction of sp³-hybridized carbons (Fsp3) is 0.321. The molecule has 2 amide bonds. The fourth-order valence-electron chi connectivity index (χ4n) is 5.03. The van der Waals surface area contributed by atoms with Crippen LogP contribution < -0.4 is 10.3 Å². The van der Waals surface area contributed by atoms with Crippen LogP contribution in [0.15, 0.2) is 65.1 Å². The Balaban J connectivity index is 1.59. The summed E-state index contributed by atoms with van der Waals surface area (Å²) in [5, 5.41) is 3.10. The SMILES string of the molecule is CCN1CCN(C2=C(c3c(C)[nH]n(-c4ccc(OC)cc4)c3=O)C(=O)N(Cc3ccccc3)C2=O)CC1. The van der Waals surface area contributed by atoms with E-state index in [-0.39, 0.29) is 29.1 Å². The number of rotatable bonds is 7. The Morgan fingerprint density at radius 1 is 0.892 bits per heavy atom. The molecule has 5 rings (SSSR count). The van der Waals surface area contributed by atoms with E-state index in [1.807, 2.05) is 35.2 Å². The van der Waals surface area contributed by atoms with E-state index in [1.54, 1.807) is 38.3 Å². The van der Waals surface area contributed by atoms with Gasteiger partial charge in [-0.2, -0.15) is 0 Å². The van der Waals surface area contributed by atoms with Gasteiger partial charge in [-0.05, 0) is 43.3 Å². The Kier molecular flexibility index (Phi) is 6.71. The number of carbonyl (C=O) groups is 2. The number of carbonyl (C=O) groups excluding carboxylic acids is 2. The van der Waals surface area contributed by atoms with Crippen LogP contribution in [0.3, 0.4) is 0 Å². The zero-order chi connectivity index (χ0) is 26.1. The van der Waals surface area contributed by atoms with Crippen molar-refractivity contribution in [1.82, 2.24) is 24.5 Å². The molecule has 1 fully saturated rings. The number of aryl methyl sites for hydroxylation is 1. The Morgan fingerprint density at radius 3 is 2.19 bits per heavy atom. The maximum Gasteiger partial charge on any atom is 0.279 e. The second kappa shape index (κ2) is 10.1. The number of ether oxygens (including phenoxy) is 1. The second-order valence-electron chi connectivity index (χ2n) is 9.28. The van der Waals surface area contributed by atoms with Gasteiger partial charge in [0.1, 0.15) is 11.4 Å². The summed E-state index contributed by atoms with van der Waals surface area (Å²) in [6, 6.07) is 16.5. The maximum absolute atomic E-state index is 13.9. The number of aromatic amines is 1. The van der Waals surface area contributed by atoms with Crippen molar-refractivity contribution in [1.29, 1.82) is 0 Å². The van der Waals surface area contributed by atoms with Crippen molar-refractivity contribution < 1.29 is 14.3 Å². The first-order valence-corrected chi connectivity index (χ1v) is 12.5. The average molecular weight is 502 g/mol. The molecule has 0 atom stereocenters. The lowest BCUT2D eigenvalue weighted by Crippen LogP contribution is -2.47. The average Bonchev–Trinajstić information content (AvgIpc) is 3.35. The molecule has 0 unspecified atom stereocenters. The third kappa shape index (κ3) is 4.46. The molecule has 37 heavy (non-hydrogen) atoms. The molecule has 3 heterocycles. The van der Waals surface area contributed by atoms with Gasteiger partial charge in [-0.3, -0.25) is 24.4 Å². The summed E-state index contributed by atoms with van der Waals surface area (Å²) in [7, 11) is 1.58. The summed E-state index contributed by atoms with van der Waals surface area (Å²) < 4.78 is 6.63. The molecule has 2 aliphatic heterocycles. The van der Waals surface area contributed by atoms with Gasteiger partial charge in [0.05, 0.1) is 30.5 Å². The van der Waals surface area contributed by atoms with Gasteiger partial charge in [0.2, 0.25) is 0 Å². The summed E-state index contributed by atoms with van der Waals surface area (Å²) in [6.45, 7) is 7.74. The van der Waals surface area contributed by atoms with E-state index < -0.39 is 5.91 Å². The number of likely N-dealkylation sites (N-methyl/N-ethyl adjacent to an activating group) is 1. The van der Waals surface area contributed by atoms with Crippen LogP contribution in [0.2, 0.25) is 0 Å². The van der Waals surface area contributed by atoms with Gasteiger partial charge in [0.25, 0.3) is 17.4 Å². The summed E-state index contributed by atoms with van der Waals surface area (Å²) >= 11 is 0. The molecule has 3 aromatic rings. The van der Waals surface area contributed by atoms with E-state index >= 15 is 0 Å². The highest BCUT2D eigenvalue weighted by atomic mass is 16.5. The summed E-state index contributed by atoms with van der Waals surface area (Å²) in [5.74, 6) is -0.128. The zero-order valence-corrected chi connectivity index (χ0v) is 21.4. The lowest BCUT2D eigenvalue weighted by molar-refractivity contribution is -0.138. The molecule has 0 bridgehead atoms. The minimum atomic E-state index is -0.442. The Hall–Kier alpha value is -4.11. The Labute approximate surface area is 215 Å². The monoisotopic (exact) mass is 501 g/mol. The number of H-pyrrole nitrogens is 1. The van der Waals surface area contributed by atoms with Crippen molar-refractivity contribution in [3.05, 3.63) is 87.5 Å². The first kappa shape index (κ1) is 24.6. The molecular formula is C28H31N5O4. The van der Waals surface area contributed by atoms with Crippen molar-refractivity contribution in [3.63, 3.8) is 0 Å². The third-order valence-electron chi connectivity index (χ3n) is 7.11. The normalized spacial score (nSPS) is 16.7. The summed E-state index contributed by atoms with van der Waals surface area (Å²) in [5.41, 5.74) is 2.35. The van der Waals surface area contributed by atoms with Crippen molar-refractivity contribution in [2.24, 2.45) is 0 Å². The molecule has 9 heteroatoms. The Bertz CT molecular complexity index is 1400. The van der Waals surface area contributed by atoms with E-state index in [4.69, 9.17) is 4.74 Å². The smallest absolute Gasteiger partial charge is 0.279 e. The number of amides is 2. The van der Waals surface area contributed by atoms with Crippen LogP contribution in [-0.2, 0) is 16.1 Å². The van der Waals surface area contributed by atoms with Gasteiger partial charge in [0.15, 0.2) is 0 Å². The maximum atomic E-state index is 13.9. The van der Waals surface area contributed by atoms with E-state index in [0.717, 1.165) is 25.2 Å². The third-order valence-corrected chi connectivity index (χ3v) is 7.11. The number of benzene rings is 2. The topological polar surface area (TPSA) is 90.9 Å². The highest BCUT2D eigenvalue weighted by Crippen LogP contribution is 2.33. The van der Waals surface area contributed by atoms with Crippen molar-refractivity contribution in [3.8, 4) is 11.4 Å². The molecule has 0 radical (unpaired) electrons. The first-order chi connectivity index (χ1) is 17.9. The molecule has 192 valence electrons. The second-order valence-corrected chi connectivity index (χ2v) is 9.28. The Morgan fingerprint density at radius 2 is 1.57 bits per heavy atom. The van der Waals surface area contributed by atoms with Gasteiger partial charge >= 0.3 is 0 Å². The molecule has 0 aliphatic carbocycles. The minimum Gasteiger partial charge on any atom is -0.497 e. The van der Waals surface area contributed by atoms with Gasteiger partial charge in [-0.1, -0.05) is 37.3 Å². The number of nitrogens with zero attached hydrogens (tertiary/aromatic N) is 4. The number of methoxy groups -OCH3 is 1. The lowest BCUT2D eigenvalue weighted by Gasteiger charge is -2.35. The van der Waals surface area contributed by atoms with E-state index in [0.29, 0.717) is 35.9 Å². The molecule has 0 saturated carbocycles. The van der Waals surface area contributed by atoms with Crippen molar-refractivity contribution in [2.75, 3.05) is 39.8 Å². The number of hydrogen-bond acceptors (Lipinski definition) is 6. The standard InChI is InChI=1S/C28H31N5O4/c1-4-30-14-16-31(17-15-30)25-24(26(34)32(28(25)36)18-20-8-6-5-7-9-20)23-19(2)29-33(27(23)35)21-10-12-22(37-3)13-11-21/h5-13,29H,4,14-18H2,1-3H3. The zero-order valence-electron chi connectivity index (χ0n) is 21.4. The van der Waals surface area contributed by atoms with Crippen LogP contribution in [0.5, 0.6) is 5.75 Å². The van der Waals surface area contributed by atoms with E-state index in [9.17, 15) is 14.4 Å². The van der Waals surface area contributed by atoms with Crippen LogP contribution in [0.4, 0.5) is 0 Å². The fourth-order valence-corrected chi connectivity index (χ4v) is 5.03. The molecule has 1 N–H and O–H groups in total. The highest BCUT2D eigenvalue weighted by Gasteiger charge is 2.44. The summed E-state index contributed by atoms with van der Waals surface area (Å²) in [6.07, 6.45) is 0. The quantitative estimate of drug-likeness (QED) is 0.500. The van der Waals surface area contributed by atoms with Crippen LogP contribution in [0.1, 0.15) is 23.7 Å². The number of imide groups is 1. The molecular weight excluding hydrogens is 470 g/mol. The van der Waals surface area contributed by atoms with Gasteiger partial charge in [-0.15, -0.1) is 0 Å². The number of hydrogen-bond donors (Lipinski definition) is 1. The molecule has 1 aromatic heterocycles. The molecule has 1 saturated heterocycles. The number of piperazine rings is 1. The van der Waals surface area contributed by atoms with Gasteiger partial charge in [-0.25, -0.2) is 4.68 Å². The number of nitrogens with one attached hydrogen (secondary N) is 1. The predicted octanol–water partition coefficient (Wildman–Crippen LogP) is 2.40. The summed E-state index contributed by atoms with van der Waals surface area (Å²) in [4.78, 5) is 46.9. The lowest BCUT2D eigenvalue weighted by atomic mass is 10.0. The van der Waals surface area contributed by atoms with Crippen LogP contribution in [0.25, 0.3) is 11.3 Å². The number of aromatic nitrogens is 2. The molecule has 9 nitrogen and oxygen atoms in total. The predicted molar refractivity (Wildman–Crippen MR) is 140 cm³/mol. The van der Waals surface area contributed by atoms with Gasteiger partial charge in [0, 0.05) is 31.9 Å². The van der Waals surface area contributed by atoms with Crippen molar-refractivity contribution >= 4 is 17.4 Å².